The van der Waals surface area contributed by atoms with Crippen LogP contribution in [0.15, 0.2) is 70.7 Å². The summed E-state index contributed by atoms with van der Waals surface area (Å²) in [4.78, 5) is 6.84. The van der Waals surface area contributed by atoms with Crippen LogP contribution in [-0.4, -0.2) is 17.8 Å². The highest BCUT2D eigenvalue weighted by molar-refractivity contribution is 6.29. The Morgan fingerprint density at radius 2 is 1.84 bits per heavy atom. The van der Waals surface area contributed by atoms with Crippen molar-refractivity contribution >= 4 is 23.6 Å². The Morgan fingerprint density at radius 1 is 1.13 bits per heavy atom. The van der Waals surface area contributed by atoms with Crippen molar-refractivity contribution in [3.63, 3.8) is 0 Å². The zero-order chi connectivity index (χ0) is 22.6. The molecule has 1 heterocycles. The Labute approximate surface area is 193 Å². The van der Waals surface area contributed by atoms with Gasteiger partial charge in [-0.1, -0.05) is 79.6 Å². The molecular weight excluding hydrogens is 404 g/mol. The van der Waals surface area contributed by atoms with Crippen LogP contribution in [0.3, 0.4) is 0 Å². The van der Waals surface area contributed by atoms with Crippen LogP contribution in [0.2, 0.25) is 0 Å². The Bertz CT molecular complexity index is 900. The van der Waals surface area contributed by atoms with Gasteiger partial charge < -0.3 is 9.64 Å². The van der Waals surface area contributed by atoms with Crippen molar-refractivity contribution in [3.05, 3.63) is 88.0 Å². The summed E-state index contributed by atoms with van der Waals surface area (Å²) in [7, 11) is 0. The summed E-state index contributed by atoms with van der Waals surface area (Å²) < 4.78 is 5.75. The lowest BCUT2D eigenvalue weighted by Gasteiger charge is -2.25. The van der Waals surface area contributed by atoms with Crippen molar-refractivity contribution in [3.8, 4) is 0 Å². The summed E-state index contributed by atoms with van der Waals surface area (Å²) in [6.45, 7) is 15.2. The fourth-order valence-corrected chi connectivity index (χ4v) is 3.03. The molecule has 0 aromatic heterocycles. The van der Waals surface area contributed by atoms with Crippen molar-refractivity contribution in [1.82, 2.24) is 4.90 Å². The number of ether oxygens (including phenoxy) is 1. The van der Waals surface area contributed by atoms with E-state index in [-0.39, 0.29) is 0 Å². The largest absolute Gasteiger partial charge is 0.372 e. The zero-order valence-corrected chi connectivity index (χ0v) is 20.1. The van der Waals surface area contributed by atoms with E-state index in [0.717, 1.165) is 42.2 Å². The standard InChI is InChI=1S/C22H26N2O.C5H9Cl/c1-4-17(2)14-25-15-20-9-10-22-21(11-20)13-24(16-23-22)12-19-7-5-18(3)6-8-19;1-3-5(6)4-2/h5-11,16H,2,4,12-15H2,1,3H3;3H,4H2,1-2H3/b;5-3+. The number of allylic oxidation sites excluding steroid dienone is 2. The minimum atomic E-state index is 0.619. The minimum absolute atomic E-state index is 0.619. The van der Waals surface area contributed by atoms with Crippen molar-refractivity contribution in [2.75, 3.05) is 6.61 Å². The summed E-state index contributed by atoms with van der Waals surface area (Å²) in [6.07, 6.45) is 5.77. The lowest BCUT2D eigenvalue weighted by Crippen LogP contribution is -2.23. The van der Waals surface area contributed by atoms with Crippen molar-refractivity contribution < 1.29 is 4.74 Å². The third-order valence-corrected chi connectivity index (χ3v) is 5.60. The van der Waals surface area contributed by atoms with Gasteiger partial charge in [0.25, 0.3) is 0 Å². The van der Waals surface area contributed by atoms with Crippen LogP contribution < -0.4 is 0 Å². The number of rotatable bonds is 8. The summed E-state index contributed by atoms with van der Waals surface area (Å²) >= 11 is 5.51. The normalized spacial score (nSPS) is 12.8. The molecule has 2 aromatic rings. The number of hydrogen-bond donors (Lipinski definition) is 0. The quantitative estimate of drug-likeness (QED) is 0.394. The van der Waals surface area contributed by atoms with E-state index < -0.39 is 0 Å². The van der Waals surface area contributed by atoms with Gasteiger partial charge in [-0.3, -0.25) is 0 Å². The monoisotopic (exact) mass is 438 g/mol. The van der Waals surface area contributed by atoms with Gasteiger partial charge in [-0.2, -0.15) is 0 Å². The maximum atomic E-state index is 5.75. The van der Waals surface area contributed by atoms with E-state index >= 15 is 0 Å². The Balaban J connectivity index is 0.000000501. The number of nitrogens with zero attached hydrogens (tertiary/aromatic N) is 2. The SMILES string of the molecule is C/C=C(/Cl)CC.C=C(CC)COCc1ccc2c(c1)CN(Cc1ccc(C)cc1)C=N2. The van der Waals surface area contributed by atoms with Crippen LogP contribution in [0.5, 0.6) is 0 Å². The first kappa shape index (κ1) is 24.9. The molecule has 0 atom stereocenters. The summed E-state index contributed by atoms with van der Waals surface area (Å²) in [5.41, 5.74) is 7.23. The molecule has 3 rings (SSSR count). The minimum Gasteiger partial charge on any atom is -0.372 e. The van der Waals surface area contributed by atoms with E-state index in [9.17, 15) is 0 Å². The van der Waals surface area contributed by atoms with Gasteiger partial charge in [0.05, 0.1) is 25.2 Å². The van der Waals surface area contributed by atoms with Gasteiger partial charge in [0, 0.05) is 18.1 Å². The first-order valence-corrected chi connectivity index (χ1v) is 11.3. The maximum Gasteiger partial charge on any atom is 0.0918 e. The lowest BCUT2D eigenvalue weighted by molar-refractivity contribution is 0.141. The number of hydrogen-bond acceptors (Lipinski definition) is 3. The molecule has 0 N–H and O–H groups in total. The van der Waals surface area contributed by atoms with Gasteiger partial charge in [0.1, 0.15) is 0 Å². The maximum absolute atomic E-state index is 5.75. The average Bonchev–Trinajstić information content (AvgIpc) is 2.80. The summed E-state index contributed by atoms with van der Waals surface area (Å²) in [5, 5.41) is 0.940. The topological polar surface area (TPSA) is 24.8 Å². The molecule has 2 aromatic carbocycles. The van der Waals surface area contributed by atoms with E-state index in [2.05, 4.69) is 72.8 Å². The highest BCUT2D eigenvalue weighted by Crippen LogP contribution is 2.26. The molecular formula is C27H35ClN2O. The van der Waals surface area contributed by atoms with E-state index in [4.69, 9.17) is 16.3 Å². The fourth-order valence-electron chi connectivity index (χ4n) is 3.03. The second-order valence-corrected chi connectivity index (χ2v) is 8.27. The number of fused-ring (bicyclic) bond motifs is 1. The number of aryl methyl sites for hydroxylation is 1. The second kappa shape index (κ2) is 13.1. The van der Waals surface area contributed by atoms with Crippen LogP contribution in [0.1, 0.15) is 55.9 Å². The van der Waals surface area contributed by atoms with Gasteiger partial charge in [0.15, 0.2) is 0 Å². The van der Waals surface area contributed by atoms with Gasteiger partial charge in [-0.25, -0.2) is 4.99 Å². The molecule has 0 bridgehead atoms. The molecule has 0 aliphatic carbocycles. The molecule has 0 unspecified atom stereocenters. The fraction of sp³-hybridized carbons (Fsp3) is 0.370. The molecule has 4 heteroatoms. The molecule has 1 aliphatic rings. The molecule has 31 heavy (non-hydrogen) atoms. The van der Waals surface area contributed by atoms with Crippen molar-refractivity contribution in [2.45, 2.75) is 60.2 Å². The molecule has 0 amide bonds. The molecule has 0 fully saturated rings. The van der Waals surface area contributed by atoms with Crippen molar-refractivity contribution in [1.29, 1.82) is 0 Å². The van der Waals surface area contributed by atoms with Gasteiger partial charge >= 0.3 is 0 Å². The molecule has 0 spiro atoms. The highest BCUT2D eigenvalue weighted by atomic mass is 35.5. The second-order valence-electron chi connectivity index (χ2n) is 7.78. The molecule has 1 aliphatic heterocycles. The first-order chi connectivity index (χ1) is 14.9. The van der Waals surface area contributed by atoms with Gasteiger partial charge in [0.2, 0.25) is 0 Å². The number of aliphatic imine (C=N–C) groups is 1. The molecule has 3 nitrogen and oxygen atoms in total. The predicted molar refractivity (Wildman–Crippen MR) is 134 cm³/mol. The predicted octanol–water partition coefficient (Wildman–Crippen LogP) is 7.69. The summed E-state index contributed by atoms with van der Waals surface area (Å²) in [5.74, 6) is 0. The molecule has 166 valence electrons. The first-order valence-electron chi connectivity index (χ1n) is 11.0. The van der Waals surface area contributed by atoms with Crippen LogP contribution in [0.25, 0.3) is 0 Å². The number of halogens is 1. The van der Waals surface area contributed by atoms with E-state index in [1.165, 1.54) is 22.3 Å². The molecule has 0 saturated heterocycles. The van der Waals surface area contributed by atoms with Crippen LogP contribution in [-0.2, 0) is 24.4 Å². The van der Waals surface area contributed by atoms with Gasteiger partial charge in [-0.05, 0) is 55.5 Å². The van der Waals surface area contributed by atoms with Crippen LogP contribution >= 0.6 is 11.6 Å². The third kappa shape index (κ3) is 8.72. The van der Waals surface area contributed by atoms with E-state index in [0.29, 0.717) is 13.2 Å². The molecule has 0 saturated carbocycles. The Kier molecular flexibility index (Phi) is 10.6. The Hall–Kier alpha value is -2.36. The third-order valence-electron chi connectivity index (χ3n) is 5.11. The van der Waals surface area contributed by atoms with Crippen LogP contribution in [0.4, 0.5) is 5.69 Å². The number of benzene rings is 2. The zero-order valence-electron chi connectivity index (χ0n) is 19.3. The average molecular weight is 439 g/mol. The van der Waals surface area contributed by atoms with E-state index in [1.807, 2.05) is 26.3 Å². The summed E-state index contributed by atoms with van der Waals surface area (Å²) in [6, 6.07) is 15.1. The lowest BCUT2D eigenvalue weighted by atomic mass is 10.1. The van der Waals surface area contributed by atoms with Gasteiger partial charge in [-0.15, -0.1) is 0 Å². The smallest absolute Gasteiger partial charge is 0.0918 e. The highest BCUT2D eigenvalue weighted by Gasteiger charge is 2.13. The molecule has 0 radical (unpaired) electrons. The van der Waals surface area contributed by atoms with E-state index in [1.54, 1.807) is 0 Å². The Morgan fingerprint density at radius 3 is 2.45 bits per heavy atom. The van der Waals surface area contributed by atoms with Crippen LogP contribution in [0, 0.1) is 6.92 Å². The van der Waals surface area contributed by atoms with Crippen molar-refractivity contribution in [2.24, 2.45) is 4.99 Å².